The largest absolute Gasteiger partial charge is 0.393 e. The molecule has 1 aromatic rings. The maximum absolute atomic E-state index is 9.57. The third kappa shape index (κ3) is 2.79. The van der Waals surface area contributed by atoms with Gasteiger partial charge in [0.1, 0.15) is 0 Å². The summed E-state index contributed by atoms with van der Waals surface area (Å²) >= 11 is 0. The van der Waals surface area contributed by atoms with Crippen LogP contribution in [0.2, 0.25) is 0 Å². The molecule has 3 heteroatoms. The highest BCUT2D eigenvalue weighted by atomic mass is 16.3. The molecule has 1 aliphatic rings. The van der Waals surface area contributed by atoms with E-state index >= 15 is 0 Å². The molecule has 0 saturated carbocycles. The predicted octanol–water partition coefficient (Wildman–Crippen LogP) is 1.95. The van der Waals surface area contributed by atoms with Crippen LogP contribution in [0.15, 0.2) is 24.3 Å². The molecule has 1 aliphatic heterocycles. The van der Waals surface area contributed by atoms with Gasteiger partial charge in [-0.2, -0.15) is 0 Å². The Labute approximate surface area is 103 Å². The van der Waals surface area contributed by atoms with E-state index in [1.807, 2.05) is 31.2 Å². The highest BCUT2D eigenvalue weighted by molar-refractivity contribution is 5.48. The van der Waals surface area contributed by atoms with Crippen molar-refractivity contribution in [3.63, 3.8) is 0 Å². The lowest BCUT2D eigenvalue weighted by Gasteiger charge is -2.20. The predicted molar refractivity (Wildman–Crippen MR) is 69.1 cm³/mol. The number of anilines is 1. The van der Waals surface area contributed by atoms with Crippen LogP contribution in [-0.4, -0.2) is 29.4 Å². The summed E-state index contributed by atoms with van der Waals surface area (Å²) in [5, 5.41) is 19.0. The highest BCUT2D eigenvalue weighted by Crippen LogP contribution is 2.26. The van der Waals surface area contributed by atoms with Crippen LogP contribution in [0.4, 0.5) is 5.69 Å². The second-order valence-corrected chi connectivity index (χ2v) is 5.00. The van der Waals surface area contributed by atoms with Gasteiger partial charge in [-0.3, -0.25) is 0 Å². The van der Waals surface area contributed by atoms with Crippen molar-refractivity contribution in [2.45, 2.75) is 32.5 Å². The molecule has 1 heterocycles. The van der Waals surface area contributed by atoms with Crippen LogP contribution in [0.25, 0.3) is 0 Å². The van der Waals surface area contributed by atoms with Crippen molar-refractivity contribution < 1.29 is 10.2 Å². The molecule has 2 rings (SSSR count). The smallest absolute Gasteiger partial charge is 0.0761 e. The van der Waals surface area contributed by atoms with Crippen LogP contribution < -0.4 is 4.90 Å². The summed E-state index contributed by atoms with van der Waals surface area (Å²) in [6.45, 7) is 5.56. The van der Waals surface area contributed by atoms with Crippen molar-refractivity contribution in [3.05, 3.63) is 29.8 Å². The van der Waals surface area contributed by atoms with Crippen LogP contribution in [0.3, 0.4) is 0 Å². The van der Waals surface area contributed by atoms with Crippen LogP contribution in [0, 0.1) is 5.92 Å². The first-order valence-corrected chi connectivity index (χ1v) is 6.29. The molecule has 3 nitrogen and oxygen atoms in total. The van der Waals surface area contributed by atoms with Crippen molar-refractivity contribution in [2.24, 2.45) is 5.92 Å². The van der Waals surface area contributed by atoms with E-state index in [0.29, 0.717) is 5.92 Å². The summed E-state index contributed by atoms with van der Waals surface area (Å²) in [5.74, 6) is 0.381. The second-order valence-electron chi connectivity index (χ2n) is 5.00. The Morgan fingerprint density at radius 1 is 1.18 bits per heavy atom. The molecule has 0 amide bonds. The molecule has 1 saturated heterocycles. The van der Waals surface area contributed by atoms with Crippen LogP contribution in [-0.2, 0) is 0 Å². The van der Waals surface area contributed by atoms with E-state index in [-0.39, 0.29) is 6.10 Å². The van der Waals surface area contributed by atoms with Gasteiger partial charge in [-0.05, 0) is 38.0 Å². The van der Waals surface area contributed by atoms with E-state index in [1.165, 1.54) is 5.69 Å². The Kier molecular flexibility index (Phi) is 3.69. The molecule has 0 aromatic heterocycles. The number of rotatable bonds is 3. The molecule has 0 spiro atoms. The summed E-state index contributed by atoms with van der Waals surface area (Å²) in [6.07, 6.45) is 0.417. The van der Waals surface area contributed by atoms with Crippen molar-refractivity contribution in [1.82, 2.24) is 0 Å². The third-order valence-electron chi connectivity index (χ3n) is 3.65. The Bertz CT molecular complexity index is 359. The van der Waals surface area contributed by atoms with Gasteiger partial charge in [0.15, 0.2) is 0 Å². The maximum Gasteiger partial charge on any atom is 0.0761 e. The second kappa shape index (κ2) is 5.07. The lowest BCUT2D eigenvalue weighted by molar-refractivity contribution is 0.136. The molecular weight excluding hydrogens is 214 g/mol. The standard InChI is InChI=1S/C14H21NO2/c1-10(16)12-3-5-14(6-4-12)15-8-7-13(9-15)11(2)17/h3-6,10-11,13,16-17H,7-9H2,1-2H3/t10-,11?,13?/m0/s1. The zero-order chi connectivity index (χ0) is 12.4. The average Bonchev–Trinajstić information content (AvgIpc) is 2.78. The highest BCUT2D eigenvalue weighted by Gasteiger charge is 2.25. The number of aliphatic hydroxyl groups is 2. The quantitative estimate of drug-likeness (QED) is 0.841. The van der Waals surface area contributed by atoms with E-state index in [2.05, 4.69) is 4.90 Å². The van der Waals surface area contributed by atoms with E-state index in [0.717, 1.165) is 25.1 Å². The van der Waals surface area contributed by atoms with Crippen LogP contribution >= 0.6 is 0 Å². The number of aliphatic hydroxyl groups excluding tert-OH is 2. The van der Waals surface area contributed by atoms with Gasteiger partial charge in [0.05, 0.1) is 12.2 Å². The minimum Gasteiger partial charge on any atom is -0.393 e. The minimum atomic E-state index is -0.409. The fourth-order valence-corrected chi connectivity index (χ4v) is 2.38. The summed E-state index contributed by atoms with van der Waals surface area (Å²) < 4.78 is 0. The molecule has 0 radical (unpaired) electrons. The van der Waals surface area contributed by atoms with Gasteiger partial charge >= 0.3 is 0 Å². The first-order valence-electron chi connectivity index (χ1n) is 6.29. The fraction of sp³-hybridized carbons (Fsp3) is 0.571. The topological polar surface area (TPSA) is 43.7 Å². The van der Waals surface area contributed by atoms with E-state index in [4.69, 9.17) is 0 Å². The lowest BCUT2D eigenvalue weighted by atomic mass is 10.0. The molecule has 0 bridgehead atoms. The molecular formula is C14H21NO2. The molecule has 1 fully saturated rings. The van der Waals surface area contributed by atoms with Gasteiger partial charge in [0.25, 0.3) is 0 Å². The molecule has 2 unspecified atom stereocenters. The number of benzene rings is 1. The zero-order valence-corrected chi connectivity index (χ0v) is 10.5. The first kappa shape index (κ1) is 12.4. The first-order chi connectivity index (χ1) is 8.08. The third-order valence-corrected chi connectivity index (χ3v) is 3.65. The molecule has 17 heavy (non-hydrogen) atoms. The molecule has 94 valence electrons. The molecule has 1 aromatic carbocycles. The summed E-state index contributed by atoms with van der Waals surface area (Å²) in [5.41, 5.74) is 2.12. The van der Waals surface area contributed by atoms with Gasteiger partial charge in [0.2, 0.25) is 0 Å². The van der Waals surface area contributed by atoms with Crippen molar-refractivity contribution in [3.8, 4) is 0 Å². The minimum absolute atomic E-state index is 0.225. The van der Waals surface area contributed by atoms with Crippen LogP contribution in [0.1, 0.15) is 31.9 Å². The summed E-state index contributed by atoms with van der Waals surface area (Å²) in [4.78, 5) is 2.29. The fourth-order valence-electron chi connectivity index (χ4n) is 2.38. The van der Waals surface area contributed by atoms with E-state index in [9.17, 15) is 10.2 Å². The maximum atomic E-state index is 9.57. The summed E-state index contributed by atoms with van der Waals surface area (Å²) in [7, 11) is 0. The van der Waals surface area contributed by atoms with Crippen molar-refractivity contribution in [2.75, 3.05) is 18.0 Å². The number of nitrogens with zero attached hydrogens (tertiary/aromatic N) is 1. The Balaban J connectivity index is 2.04. The van der Waals surface area contributed by atoms with Gasteiger partial charge < -0.3 is 15.1 Å². The Morgan fingerprint density at radius 3 is 2.29 bits per heavy atom. The lowest BCUT2D eigenvalue weighted by Crippen LogP contribution is -2.23. The van der Waals surface area contributed by atoms with Crippen LogP contribution in [0.5, 0.6) is 0 Å². The number of hydrogen-bond donors (Lipinski definition) is 2. The van der Waals surface area contributed by atoms with Gasteiger partial charge in [-0.1, -0.05) is 12.1 Å². The number of hydrogen-bond acceptors (Lipinski definition) is 3. The van der Waals surface area contributed by atoms with Crippen molar-refractivity contribution in [1.29, 1.82) is 0 Å². The Hall–Kier alpha value is -1.06. The Morgan fingerprint density at radius 2 is 1.82 bits per heavy atom. The SMILES string of the molecule is CC(O)C1CCN(c2ccc([C@H](C)O)cc2)C1. The molecule has 2 N–H and O–H groups in total. The van der Waals surface area contributed by atoms with Crippen molar-refractivity contribution >= 4 is 5.69 Å². The average molecular weight is 235 g/mol. The normalized spacial score (nSPS) is 23.8. The van der Waals surface area contributed by atoms with E-state index in [1.54, 1.807) is 6.92 Å². The van der Waals surface area contributed by atoms with Gasteiger partial charge in [-0.25, -0.2) is 0 Å². The zero-order valence-electron chi connectivity index (χ0n) is 10.5. The molecule has 3 atom stereocenters. The van der Waals surface area contributed by atoms with Gasteiger partial charge in [-0.15, -0.1) is 0 Å². The van der Waals surface area contributed by atoms with E-state index < -0.39 is 6.10 Å². The molecule has 0 aliphatic carbocycles. The summed E-state index contributed by atoms with van der Waals surface area (Å²) in [6, 6.07) is 8.03. The monoisotopic (exact) mass is 235 g/mol. The van der Waals surface area contributed by atoms with Gasteiger partial charge in [0, 0.05) is 24.7 Å².